The summed E-state index contributed by atoms with van der Waals surface area (Å²) in [5, 5.41) is 11.4. The summed E-state index contributed by atoms with van der Waals surface area (Å²) in [7, 11) is 0. The summed E-state index contributed by atoms with van der Waals surface area (Å²) in [6, 6.07) is 12.5. The Morgan fingerprint density at radius 1 is 1.32 bits per heavy atom. The van der Waals surface area contributed by atoms with Gasteiger partial charge in [0.05, 0.1) is 16.1 Å². The molecule has 2 aromatic carbocycles. The first kappa shape index (κ1) is 16.0. The fraction of sp³-hybridized carbons (Fsp3) is 0.125. The van der Waals surface area contributed by atoms with Crippen molar-refractivity contribution in [3.63, 3.8) is 0 Å². The first-order valence-corrected chi connectivity index (χ1v) is 7.21. The molecule has 1 atom stereocenters. The third-order valence-corrected chi connectivity index (χ3v) is 3.47. The van der Waals surface area contributed by atoms with Gasteiger partial charge in [-0.3, -0.25) is 4.79 Å². The van der Waals surface area contributed by atoms with Gasteiger partial charge in [-0.1, -0.05) is 0 Å². The molecule has 0 fully saturated rings. The monoisotopic (exact) mass is 362 g/mol. The molecule has 2 aromatic rings. The van der Waals surface area contributed by atoms with E-state index in [1.807, 2.05) is 6.07 Å². The highest BCUT2D eigenvalue weighted by molar-refractivity contribution is 9.10. The summed E-state index contributed by atoms with van der Waals surface area (Å²) in [5.41, 5.74) is 1.08. The molecule has 2 rings (SSSR count). The van der Waals surface area contributed by atoms with E-state index in [9.17, 15) is 9.18 Å². The molecular weight excluding hydrogens is 351 g/mol. The van der Waals surface area contributed by atoms with E-state index in [1.54, 1.807) is 31.2 Å². The maximum absolute atomic E-state index is 13.0. The van der Waals surface area contributed by atoms with E-state index in [4.69, 9.17) is 10.00 Å². The normalized spacial score (nSPS) is 11.4. The van der Waals surface area contributed by atoms with Crippen molar-refractivity contribution < 1.29 is 13.9 Å². The van der Waals surface area contributed by atoms with Gasteiger partial charge in [-0.05, 0) is 65.3 Å². The number of halogens is 2. The lowest BCUT2D eigenvalue weighted by molar-refractivity contribution is -0.122. The number of ether oxygens (including phenoxy) is 1. The topological polar surface area (TPSA) is 62.1 Å². The Bertz CT molecular complexity index is 726. The first-order chi connectivity index (χ1) is 10.5. The Labute approximate surface area is 135 Å². The molecule has 0 aliphatic rings. The molecule has 0 spiro atoms. The third kappa shape index (κ3) is 4.06. The number of hydrogen-bond acceptors (Lipinski definition) is 3. The van der Waals surface area contributed by atoms with Crippen LogP contribution in [0.25, 0.3) is 0 Å². The lowest BCUT2D eigenvalue weighted by Gasteiger charge is -2.15. The van der Waals surface area contributed by atoms with E-state index in [0.29, 0.717) is 21.5 Å². The van der Waals surface area contributed by atoms with Gasteiger partial charge in [0, 0.05) is 5.69 Å². The first-order valence-electron chi connectivity index (χ1n) is 6.42. The van der Waals surface area contributed by atoms with Crippen molar-refractivity contribution in [2.75, 3.05) is 5.32 Å². The van der Waals surface area contributed by atoms with Crippen molar-refractivity contribution in [2.45, 2.75) is 13.0 Å². The Hall–Kier alpha value is -2.39. The zero-order valence-electron chi connectivity index (χ0n) is 11.6. The number of carbonyl (C=O) groups excluding carboxylic acids is 1. The molecule has 0 aliphatic carbocycles. The summed E-state index contributed by atoms with van der Waals surface area (Å²) < 4.78 is 18.9. The second-order valence-electron chi connectivity index (χ2n) is 4.51. The minimum Gasteiger partial charge on any atom is -0.480 e. The molecule has 0 bridgehead atoms. The van der Waals surface area contributed by atoms with Crippen LogP contribution in [0.5, 0.6) is 5.75 Å². The highest BCUT2D eigenvalue weighted by Gasteiger charge is 2.16. The molecule has 0 radical (unpaired) electrons. The maximum atomic E-state index is 13.0. The van der Waals surface area contributed by atoms with Crippen LogP contribution in [0.2, 0.25) is 0 Å². The number of rotatable bonds is 4. The number of nitrogens with zero attached hydrogens (tertiary/aromatic N) is 1. The van der Waals surface area contributed by atoms with E-state index in [0.717, 1.165) is 0 Å². The molecule has 0 aromatic heterocycles. The van der Waals surface area contributed by atoms with Crippen molar-refractivity contribution >= 4 is 27.5 Å². The van der Waals surface area contributed by atoms with Crippen molar-refractivity contribution in [3.8, 4) is 11.8 Å². The Kier molecular flexibility index (Phi) is 5.12. The Morgan fingerprint density at radius 3 is 2.59 bits per heavy atom. The molecule has 1 N–H and O–H groups in total. The summed E-state index contributed by atoms with van der Waals surface area (Å²) in [6.07, 6.45) is -0.766. The maximum Gasteiger partial charge on any atom is 0.265 e. The minimum atomic E-state index is -0.766. The molecule has 0 aliphatic heterocycles. The van der Waals surface area contributed by atoms with Gasteiger partial charge in [-0.15, -0.1) is 0 Å². The number of nitriles is 1. The van der Waals surface area contributed by atoms with Crippen molar-refractivity contribution in [1.29, 1.82) is 5.26 Å². The largest absolute Gasteiger partial charge is 0.480 e. The van der Waals surface area contributed by atoms with Crippen LogP contribution in [0.15, 0.2) is 46.9 Å². The molecule has 4 nitrogen and oxygen atoms in total. The molecule has 0 saturated heterocycles. The smallest absolute Gasteiger partial charge is 0.265 e. The highest BCUT2D eigenvalue weighted by atomic mass is 79.9. The summed E-state index contributed by atoms with van der Waals surface area (Å²) in [4.78, 5) is 12.1. The van der Waals surface area contributed by atoms with Gasteiger partial charge in [0.15, 0.2) is 6.10 Å². The Balaban J connectivity index is 2.01. The quantitative estimate of drug-likeness (QED) is 0.897. The van der Waals surface area contributed by atoms with Gasteiger partial charge in [-0.2, -0.15) is 5.26 Å². The molecular formula is C16H12BrFN2O2. The predicted molar refractivity (Wildman–Crippen MR) is 84.0 cm³/mol. The van der Waals surface area contributed by atoms with Crippen LogP contribution >= 0.6 is 15.9 Å². The van der Waals surface area contributed by atoms with Gasteiger partial charge >= 0.3 is 0 Å². The number of benzene rings is 2. The molecule has 22 heavy (non-hydrogen) atoms. The number of hydrogen-bond donors (Lipinski definition) is 1. The summed E-state index contributed by atoms with van der Waals surface area (Å²) in [5.74, 6) is -0.362. The van der Waals surface area contributed by atoms with E-state index >= 15 is 0 Å². The van der Waals surface area contributed by atoms with E-state index in [2.05, 4.69) is 21.2 Å². The third-order valence-electron chi connectivity index (χ3n) is 2.85. The summed E-state index contributed by atoms with van der Waals surface area (Å²) in [6.45, 7) is 1.59. The lowest BCUT2D eigenvalue weighted by Crippen LogP contribution is -2.30. The second kappa shape index (κ2) is 7.05. The second-order valence-corrected chi connectivity index (χ2v) is 5.37. The van der Waals surface area contributed by atoms with Crippen molar-refractivity contribution in [1.82, 2.24) is 0 Å². The van der Waals surface area contributed by atoms with Crippen LogP contribution in [0.4, 0.5) is 10.1 Å². The molecule has 1 amide bonds. The number of nitrogens with one attached hydrogen (secondary N) is 1. The number of anilines is 1. The molecule has 112 valence electrons. The molecule has 0 saturated carbocycles. The zero-order chi connectivity index (χ0) is 16.1. The molecule has 1 unspecified atom stereocenters. The Morgan fingerprint density at radius 2 is 2.00 bits per heavy atom. The van der Waals surface area contributed by atoms with Crippen LogP contribution in [-0.2, 0) is 4.79 Å². The van der Waals surface area contributed by atoms with Crippen LogP contribution in [0, 0.1) is 17.1 Å². The average molecular weight is 363 g/mol. The number of amides is 1. The summed E-state index contributed by atoms with van der Waals surface area (Å²) >= 11 is 3.18. The lowest BCUT2D eigenvalue weighted by atomic mass is 10.2. The average Bonchev–Trinajstić information content (AvgIpc) is 2.50. The van der Waals surface area contributed by atoms with E-state index in [1.165, 1.54) is 18.2 Å². The molecule has 6 heteroatoms. The van der Waals surface area contributed by atoms with Gasteiger partial charge < -0.3 is 10.1 Å². The molecule has 0 heterocycles. The van der Waals surface area contributed by atoms with Crippen LogP contribution < -0.4 is 10.1 Å². The number of carbonyl (C=O) groups is 1. The van der Waals surface area contributed by atoms with Crippen LogP contribution in [0.3, 0.4) is 0 Å². The zero-order valence-corrected chi connectivity index (χ0v) is 13.2. The van der Waals surface area contributed by atoms with Gasteiger partial charge in [0.2, 0.25) is 0 Å². The van der Waals surface area contributed by atoms with Crippen LogP contribution in [-0.4, -0.2) is 12.0 Å². The van der Waals surface area contributed by atoms with Crippen LogP contribution in [0.1, 0.15) is 12.5 Å². The minimum absolute atomic E-state index is 0.346. The van der Waals surface area contributed by atoms with E-state index in [-0.39, 0.29) is 5.91 Å². The standard InChI is InChI=1S/C16H12BrFN2O2/c1-10(22-15-7-4-12(18)8-14(15)17)16(21)20-13-5-2-11(9-19)3-6-13/h2-8,10H,1H3,(H,20,21). The SMILES string of the molecule is CC(Oc1ccc(F)cc1Br)C(=O)Nc1ccc(C#N)cc1. The predicted octanol–water partition coefficient (Wildman–Crippen LogP) is 3.87. The van der Waals surface area contributed by atoms with Crippen molar-refractivity contribution in [3.05, 3.63) is 58.3 Å². The van der Waals surface area contributed by atoms with Gasteiger partial charge in [-0.25, -0.2) is 4.39 Å². The highest BCUT2D eigenvalue weighted by Crippen LogP contribution is 2.26. The van der Waals surface area contributed by atoms with E-state index < -0.39 is 11.9 Å². The fourth-order valence-electron chi connectivity index (χ4n) is 1.69. The van der Waals surface area contributed by atoms with Gasteiger partial charge in [0.25, 0.3) is 5.91 Å². The van der Waals surface area contributed by atoms with Crippen molar-refractivity contribution in [2.24, 2.45) is 0 Å². The fourth-order valence-corrected chi connectivity index (χ4v) is 2.13. The van der Waals surface area contributed by atoms with Gasteiger partial charge in [0.1, 0.15) is 11.6 Å².